The van der Waals surface area contributed by atoms with Crippen LogP contribution in [0.3, 0.4) is 0 Å². The van der Waals surface area contributed by atoms with Crippen LogP contribution >= 0.6 is 0 Å². The maximum Gasteiger partial charge on any atom is 3.00 e. The van der Waals surface area contributed by atoms with Gasteiger partial charge in [0.1, 0.15) is 0 Å². The van der Waals surface area contributed by atoms with Crippen molar-refractivity contribution in [1.82, 2.24) is 0 Å². The molecule has 7 heteroatoms. The third-order valence-electron chi connectivity index (χ3n) is 0. The molecule has 0 saturated carbocycles. The molecule has 0 atom stereocenters. The minimum absolute atomic E-state index is 0. The molecule has 0 bridgehead atoms. The Bertz CT molecular complexity index is 10.1. The van der Waals surface area contributed by atoms with E-state index in [-0.39, 0.29) is 19.8 Å². The number of hydrogen-bond donors (Lipinski definition) is 3. The van der Waals surface area contributed by atoms with Crippen LogP contribution in [0.25, 0.3) is 0 Å². The van der Waals surface area contributed by atoms with Crippen LogP contribution in [0, 0.1) is 15.6 Å². The molecule has 0 fully saturated rings. The maximum atomic E-state index is 7.75. The summed E-state index contributed by atoms with van der Waals surface area (Å²) in [5.41, 5.74) is 0. The van der Waals surface area contributed by atoms with E-state index in [0.29, 0.717) is 0 Å². The zero-order valence-corrected chi connectivity index (χ0v) is 5.96. The molecule has 6 nitrogen and oxygen atoms in total. The van der Waals surface area contributed by atoms with Crippen LogP contribution in [-0.2, 0) is 0 Å². The first-order valence-corrected chi connectivity index (χ1v) is 0.707. The summed E-state index contributed by atoms with van der Waals surface area (Å²) >= 11 is 0. The second kappa shape index (κ2) is 1190. The van der Waals surface area contributed by atoms with Crippen molar-refractivity contribution in [2.24, 2.45) is 17.7 Å². The molecule has 0 amide bonds. The molecule has 6 N–H and O–H groups in total. The van der Waals surface area contributed by atoms with Crippen molar-refractivity contribution in [3.63, 3.8) is 0 Å². The van der Waals surface area contributed by atoms with Crippen molar-refractivity contribution < 1.29 is 0 Å². The van der Waals surface area contributed by atoms with Gasteiger partial charge in [0.2, 0.25) is 0 Å². The maximum absolute atomic E-state index is 7.75. The molecular formula is H6GaN3O3. The van der Waals surface area contributed by atoms with Crippen molar-refractivity contribution in [2.45, 2.75) is 0 Å². The molecule has 42 valence electrons. The van der Waals surface area contributed by atoms with Gasteiger partial charge in [-0.2, -0.15) is 0 Å². The Morgan fingerprint density at radius 2 is 0.571 bits per heavy atom. The third-order valence-corrected chi connectivity index (χ3v) is 0. The van der Waals surface area contributed by atoms with Crippen molar-refractivity contribution >= 4 is 19.8 Å². The first-order chi connectivity index (χ1) is 3.00. The van der Waals surface area contributed by atoms with Crippen LogP contribution in [0.2, 0.25) is 0 Å². The van der Waals surface area contributed by atoms with Gasteiger partial charge in [0.15, 0.2) is 0 Å². The van der Waals surface area contributed by atoms with Gasteiger partial charge in [-0.3, -0.25) is 0 Å². The summed E-state index contributed by atoms with van der Waals surface area (Å²) in [6.07, 6.45) is 0. The van der Waals surface area contributed by atoms with Crippen LogP contribution in [0.1, 0.15) is 0 Å². The van der Waals surface area contributed by atoms with E-state index in [1.807, 2.05) is 0 Å². The second-order valence-electron chi connectivity index (χ2n) is 0. The topological polar surface area (TPSA) is 147 Å². The first kappa shape index (κ1) is 26.2. The minimum Gasteiger partial charge on any atom is -0.790 e. The summed E-state index contributed by atoms with van der Waals surface area (Å²) in [4.78, 5) is 0. The average Bonchev–Trinajstić information content (AvgIpc) is 1.81. The van der Waals surface area contributed by atoms with Gasteiger partial charge in [-0.25, -0.2) is 0 Å². The van der Waals surface area contributed by atoms with Gasteiger partial charge in [-0.05, 0) is 0 Å². The molecule has 7 heavy (non-hydrogen) atoms. The summed E-state index contributed by atoms with van der Waals surface area (Å²) in [6.45, 7) is 0. The molecule has 0 aliphatic heterocycles. The van der Waals surface area contributed by atoms with Gasteiger partial charge >= 0.3 is 19.8 Å². The summed E-state index contributed by atoms with van der Waals surface area (Å²) in [5.74, 6) is 9.75. The summed E-state index contributed by atoms with van der Waals surface area (Å²) in [6, 6.07) is 0. The average molecular weight is 166 g/mol. The quantitative estimate of drug-likeness (QED) is 0.278. The van der Waals surface area contributed by atoms with Crippen molar-refractivity contribution in [3.8, 4) is 0 Å². The SMILES string of the molecule is N[O-].N[O-].N[O-].[Ga+3]. The van der Waals surface area contributed by atoms with Gasteiger partial charge < -0.3 is 33.3 Å². The standard InChI is InChI=1S/Ga.3H2NO/c;3*1-2/h;3*1H2/q+3;3*-1. The molecule has 0 heterocycles. The molecule has 0 aromatic carbocycles. The normalized spacial score (nSPS) is 2.57. The minimum atomic E-state index is 0. The summed E-state index contributed by atoms with van der Waals surface area (Å²) in [7, 11) is 0. The van der Waals surface area contributed by atoms with Gasteiger partial charge in [0.25, 0.3) is 0 Å². The Labute approximate surface area is 53.8 Å². The van der Waals surface area contributed by atoms with E-state index in [1.54, 1.807) is 0 Å². The monoisotopic (exact) mass is 165 g/mol. The van der Waals surface area contributed by atoms with Crippen LogP contribution in [0.15, 0.2) is 0 Å². The Hall–Kier alpha value is 0.396. The molecule has 0 aliphatic rings. The zero-order valence-electron chi connectivity index (χ0n) is 3.53. The van der Waals surface area contributed by atoms with E-state index in [1.165, 1.54) is 0 Å². The van der Waals surface area contributed by atoms with Crippen LogP contribution in [-0.4, -0.2) is 19.8 Å². The zero-order chi connectivity index (χ0) is 6.00. The molecule has 0 aromatic heterocycles. The Kier molecular flexibility index (Phi) is 4440. The number of hydrogen-bond acceptors (Lipinski definition) is 6. The summed E-state index contributed by atoms with van der Waals surface area (Å²) in [5, 5.41) is 23.2. The van der Waals surface area contributed by atoms with E-state index in [4.69, 9.17) is 15.6 Å². The number of nitrogens with two attached hydrogens (primary N) is 3. The van der Waals surface area contributed by atoms with Gasteiger partial charge in [-0.15, -0.1) is 0 Å². The fourth-order valence-electron chi connectivity index (χ4n) is 0. The van der Waals surface area contributed by atoms with E-state index in [9.17, 15) is 0 Å². The molecule has 0 unspecified atom stereocenters. The Morgan fingerprint density at radius 1 is 0.571 bits per heavy atom. The van der Waals surface area contributed by atoms with Gasteiger partial charge in [0.05, 0.1) is 0 Å². The van der Waals surface area contributed by atoms with E-state index < -0.39 is 0 Å². The fraction of sp³-hybridized carbons (Fsp3) is 0. The fourth-order valence-corrected chi connectivity index (χ4v) is 0. The molecule has 0 saturated heterocycles. The van der Waals surface area contributed by atoms with E-state index >= 15 is 0 Å². The third kappa shape index (κ3) is 787. The van der Waals surface area contributed by atoms with Crippen LogP contribution in [0.5, 0.6) is 0 Å². The molecular weight excluding hydrogens is 160 g/mol. The largest absolute Gasteiger partial charge is 3.00 e. The van der Waals surface area contributed by atoms with E-state index in [0.717, 1.165) is 0 Å². The Balaban J connectivity index is -0.00000000900. The molecule has 0 aliphatic carbocycles. The van der Waals surface area contributed by atoms with Gasteiger partial charge in [0, 0.05) is 0 Å². The van der Waals surface area contributed by atoms with Crippen LogP contribution < -0.4 is 17.7 Å². The van der Waals surface area contributed by atoms with Crippen molar-refractivity contribution in [2.75, 3.05) is 0 Å². The molecule has 0 radical (unpaired) electrons. The molecule has 0 aromatic rings. The number of rotatable bonds is 0. The smallest absolute Gasteiger partial charge is 0.790 e. The van der Waals surface area contributed by atoms with Crippen LogP contribution in [0.4, 0.5) is 0 Å². The summed E-state index contributed by atoms with van der Waals surface area (Å²) < 4.78 is 0. The first-order valence-electron chi connectivity index (χ1n) is 0.707. The molecule has 0 spiro atoms. The predicted octanol–water partition coefficient (Wildman–Crippen LogP) is -2.05. The predicted molar refractivity (Wildman–Crippen MR) is 28.4 cm³/mol. The molecule has 0 rings (SSSR count). The second-order valence-corrected chi connectivity index (χ2v) is 0. The van der Waals surface area contributed by atoms with E-state index in [2.05, 4.69) is 17.7 Å². The van der Waals surface area contributed by atoms with Gasteiger partial charge in [-0.1, -0.05) is 0 Å². The van der Waals surface area contributed by atoms with Crippen molar-refractivity contribution in [1.29, 1.82) is 0 Å². The van der Waals surface area contributed by atoms with Crippen molar-refractivity contribution in [3.05, 3.63) is 15.6 Å². The Morgan fingerprint density at radius 3 is 0.571 bits per heavy atom.